The van der Waals surface area contributed by atoms with E-state index in [1.807, 2.05) is 0 Å². The lowest BCUT2D eigenvalue weighted by atomic mass is 10.1. The van der Waals surface area contributed by atoms with Gasteiger partial charge < -0.3 is 0 Å². The zero-order chi connectivity index (χ0) is 13.9. The number of rotatable bonds is 4. The molecule has 0 saturated carbocycles. The Kier molecular flexibility index (Phi) is 4.67. The van der Waals surface area contributed by atoms with E-state index in [-0.39, 0.29) is 22.3 Å². The molecule has 0 fully saturated rings. The number of halogens is 3. The summed E-state index contributed by atoms with van der Waals surface area (Å²) in [7, 11) is -1.73. The Morgan fingerprint density at radius 3 is 2.44 bits per heavy atom. The zero-order valence-electron chi connectivity index (χ0n) is 9.95. The van der Waals surface area contributed by atoms with Crippen LogP contribution in [0.1, 0.15) is 19.4 Å². The van der Waals surface area contributed by atoms with Crippen molar-refractivity contribution in [3.05, 3.63) is 29.8 Å². The second kappa shape index (κ2) is 5.65. The van der Waals surface area contributed by atoms with Crippen LogP contribution in [0.3, 0.4) is 0 Å². The van der Waals surface area contributed by atoms with Crippen molar-refractivity contribution in [1.29, 1.82) is 0 Å². The maximum atomic E-state index is 12.5. The lowest BCUT2D eigenvalue weighted by molar-refractivity contribution is -0.137. The molecule has 0 radical (unpaired) electrons. The Hall–Kier alpha value is -1.17. The molecule has 1 atom stereocenters. The van der Waals surface area contributed by atoms with E-state index < -0.39 is 22.5 Å². The quantitative estimate of drug-likeness (QED) is 0.848. The molecule has 0 saturated heterocycles. The summed E-state index contributed by atoms with van der Waals surface area (Å²) >= 11 is 0. The summed E-state index contributed by atoms with van der Waals surface area (Å²) in [5.74, 6) is -0.760. The molecule has 6 heteroatoms. The molecule has 0 spiro atoms. The van der Waals surface area contributed by atoms with Gasteiger partial charge in [0.15, 0.2) is 0 Å². The van der Waals surface area contributed by atoms with Gasteiger partial charge in [0.25, 0.3) is 0 Å². The number of alkyl halides is 3. The van der Waals surface area contributed by atoms with Gasteiger partial charge in [-0.2, -0.15) is 13.2 Å². The fourth-order valence-electron chi connectivity index (χ4n) is 1.19. The minimum absolute atomic E-state index is 0.0267. The van der Waals surface area contributed by atoms with Gasteiger partial charge in [0.1, 0.15) is 5.78 Å². The van der Waals surface area contributed by atoms with E-state index >= 15 is 0 Å². The molecule has 0 aliphatic rings. The van der Waals surface area contributed by atoms with E-state index in [0.717, 1.165) is 12.1 Å². The molecule has 0 N–H and O–H groups in total. The summed E-state index contributed by atoms with van der Waals surface area (Å²) in [6.07, 6.45) is -4.47. The van der Waals surface area contributed by atoms with Crippen molar-refractivity contribution in [2.24, 2.45) is 5.92 Å². The predicted octanol–water partition coefficient (Wildman–Crippen LogP) is 3.04. The van der Waals surface area contributed by atoms with E-state index in [2.05, 4.69) is 0 Å². The summed E-state index contributed by atoms with van der Waals surface area (Å²) in [5.41, 5.74) is -0.856. The minimum atomic E-state index is -4.47. The molecule has 1 unspecified atom stereocenters. The largest absolute Gasteiger partial charge is 0.416 e. The van der Waals surface area contributed by atoms with Crippen LogP contribution in [0, 0.1) is 5.92 Å². The molecule has 0 heterocycles. The van der Waals surface area contributed by atoms with Crippen LogP contribution >= 0.6 is 0 Å². The van der Waals surface area contributed by atoms with Crippen LogP contribution in [-0.4, -0.2) is 15.7 Å². The maximum Gasteiger partial charge on any atom is 0.416 e. The maximum absolute atomic E-state index is 12.5. The SMILES string of the molecule is CC(C)C(=O)CS(=O)c1cccc(C(F)(F)F)c1. The number of Topliss-reactive ketones (excluding diaryl/α,β-unsaturated/α-hetero) is 1. The Balaban J connectivity index is 2.91. The molecule has 0 aromatic heterocycles. The highest BCUT2D eigenvalue weighted by Gasteiger charge is 2.30. The third kappa shape index (κ3) is 3.94. The van der Waals surface area contributed by atoms with E-state index in [4.69, 9.17) is 0 Å². The second-order valence-corrected chi connectivity index (χ2v) is 5.59. The Labute approximate surface area is 106 Å². The number of benzene rings is 1. The van der Waals surface area contributed by atoms with Crippen molar-refractivity contribution >= 4 is 16.6 Å². The molecular formula is C12H13F3O2S. The normalized spacial score (nSPS) is 13.7. The summed E-state index contributed by atoms with van der Waals surface area (Å²) < 4.78 is 49.1. The van der Waals surface area contributed by atoms with Gasteiger partial charge in [0.2, 0.25) is 0 Å². The van der Waals surface area contributed by atoms with Crippen LogP contribution in [0.5, 0.6) is 0 Å². The molecule has 2 nitrogen and oxygen atoms in total. The van der Waals surface area contributed by atoms with Gasteiger partial charge in [0, 0.05) is 10.8 Å². The number of hydrogen-bond acceptors (Lipinski definition) is 2. The van der Waals surface area contributed by atoms with Crippen molar-refractivity contribution in [1.82, 2.24) is 0 Å². The first kappa shape index (κ1) is 14.9. The number of ketones is 1. The van der Waals surface area contributed by atoms with Gasteiger partial charge in [-0.3, -0.25) is 9.00 Å². The van der Waals surface area contributed by atoms with Crippen LogP contribution in [0.25, 0.3) is 0 Å². The van der Waals surface area contributed by atoms with Gasteiger partial charge in [-0.05, 0) is 18.2 Å². The second-order valence-electron chi connectivity index (χ2n) is 4.14. The van der Waals surface area contributed by atoms with E-state index in [9.17, 15) is 22.2 Å². The standard InChI is InChI=1S/C12H13F3O2S/c1-8(2)11(16)7-18(17)10-5-3-4-9(6-10)12(13,14)15/h3-6,8H,7H2,1-2H3. The first-order chi connectivity index (χ1) is 8.21. The molecular weight excluding hydrogens is 265 g/mol. The summed E-state index contributed by atoms with van der Waals surface area (Å²) in [6, 6.07) is 4.25. The molecule has 100 valence electrons. The van der Waals surface area contributed by atoms with Gasteiger partial charge in [-0.15, -0.1) is 0 Å². The third-order valence-corrected chi connectivity index (χ3v) is 3.67. The minimum Gasteiger partial charge on any atom is -0.298 e. The van der Waals surface area contributed by atoms with Crippen LogP contribution in [0.2, 0.25) is 0 Å². The first-order valence-electron chi connectivity index (χ1n) is 5.30. The molecule has 0 bridgehead atoms. The molecule has 0 aliphatic carbocycles. The van der Waals surface area contributed by atoms with Gasteiger partial charge in [-0.1, -0.05) is 19.9 Å². The van der Waals surface area contributed by atoms with Crippen molar-refractivity contribution in [3.63, 3.8) is 0 Å². The molecule has 1 aromatic rings. The summed E-state index contributed by atoms with van der Waals surface area (Å²) in [6.45, 7) is 3.32. The topological polar surface area (TPSA) is 34.1 Å². The smallest absolute Gasteiger partial charge is 0.298 e. The molecule has 0 aliphatic heterocycles. The van der Waals surface area contributed by atoms with E-state index in [1.165, 1.54) is 12.1 Å². The summed E-state index contributed by atoms with van der Waals surface area (Å²) in [5, 5.41) is 0. The van der Waals surface area contributed by atoms with Gasteiger partial charge >= 0.3 is 6.18 Å². The average molecular weight is 278 g/mol. The van der Waals surface area contributed by atoms with Gasteiger partial charge in [0.05, 0.1) is 22.1 Å². The number of hydrogen-bond donors (Lipinski definition) is 0. The predicted molar refractivity (Wildman–Crippen MR) is 62.6 cm³/mol. The van der Waals surface area contributed by atoms with E-state index in [0.29, 0.717) is 0 Å². The lowest BCUT2D eigenvalue weighted by Crippen LogP contribution is -2.16. The van der Waals surface area contributed by atoms with Gasteiger partial charge in [-0.25, -0.2) is 0 Å². The Morgan fingerprint density at radius 1 is 1.33 bits per heavy atom. The van der Waals surface area contributed by atoms with Crippen molar-refractivity contribution < 1.29 is 22.2 Å². The summed E-state index contributed by atoms with van der Waals surface area (Å²) in [4.78, 5) is 11.4. The van der Waals surface area contributed by atoms with Crippen molar-refractivity contribution in [2.75, 3.05) is 5.75 Å². The van der Waals surface area contributed by atoms with Crippen molar-refractivity contribution in [2.45, 2.75) is 24.9 Å². The van der Waals surface area contributed by atoms with Crippen LogP contribution < -0.4 is 0 Å². The number of carbonyl (C=O) groups excluding carboxylic acids is 1. The molecule has 0 amide bonds. The highest BCUT2D eigenvalue weighted by molar-refractivity contribution is 7.85. The monoisotopic (exact) mass is 278 g/mol. The van der Waals surface area contributed by atoms with Crippen molar-refractivity contribution in [3.8, 4) is 0 Å². The highest BCUT2D eigenvalue weighted by Crippen LogP contribution is 2.30. The molecule has 1 rings (SSSR count). The Bertz CT molecular complexity index is 467. The number of carbonyl (C=O) groups is 1. The van der Waals surface area contributed by atoms with E-state index in [1.54, 1.807) is 13.8 Å². The Morgan fingerprint density at radius 2 is 1.94 bits per heavy atom. The first-order valence-corrected chi connectivity index (χ1v) is 6.62. The fourth-order valence-corrected chi connectivity index (χ4v) is 2.44. The lowest BCUT2D eigenvalue weighted by Gasteiger charge is -2.09. The van der Waals surface area contributed by atoms with Crippen LogP contribution in [0.15, 0.2) is 29.2 Å². The fraction of sp³-hybridized carbons (Fsp3) is 0.417. The highest BCUT2D eigenvalue weighted by atomic mass is 32.2. The van der Waals surface area contributed by atoms with Crippen LogP contribution in [-0.2, 0) is 21.8 Å². The molecule has 18 heavy (non-hydrogen) atoms. The average Bonchev–Trinajstić information content (AvgIpc) is 2.27. The zero-order valence-corrected chi connectivity index (χ0v) is 10.8. The third-order valence-electron chi connectivity index (χ3n) is 2.34. The van der Waals surface area contributed by atoms with Crippen LogP contribution in [0.4, 0.5) is 13.2 Å². The molecule has 1 aromatic carbocycles.